The quantitative estimate of drug-likeness (QED) is 0.0405. The lowest BCUT2D eigenvalue weighted by molar-refractivity contribution is -0.150. The van der Waals surface area contributed by atoms with Crippen LogP contribution < -0.4 is 5.73 Å². The number of carbonyl (C=O) groups is 3. The average Bonchev–Trinajstić information content (AvgIpc) is 3.02. The van der Waals surface area contributed by atoms with Crippen LogP contribution in [0.3, 0.4) is 0 Å². The SMILES string of the molecule is CC(C)CCOC(=O)CCN(CCCCO)CCC(=O)OC(C)CCOC(=O)CCCc1ccc(SSc2ccc(N)cc2)cc1. The smallest absolute Gasteiger partial charge is 0.307 e. The summed E-state index contributed by atoms with van der Waals surface area (Å²) < 4.78 is 16.2. The molecule has 256 valence electrons. The number of nitrogen functional groups attached to an aromatic ring is 1. The number of ether oxygens (including phenoxy) is 3. The number of anilines is 1. The van der Waals surface area contributed by atoms with Crippen LogP contribution in [0.2, 0.25) is 0 Å². The van der Waals surface area contributed by atoms with E-state index in [-0.39, 0.29) is 50.1 Å². The number of carbonyl (C=O) groups excluding carboxylic acids is 3. The first-order valence-electron chi connectivity index (χ1n) is 16.3. The molecule has 0 aromatic heterocycles. The Labute approximate surface area is 282 Å². The molecule has 0 radical (unpaired) electrons. The normalized spacial score (nSPS) is 11.9. The van der Waals surface area contributed by atoms with Crippen LogP contribution >= 0.6 is 21.6 Å². The van der Waals surface area contributed by atoms with E-state index in [0.29, 0.717) is 57.8 Å². The van der Waals surface area contributed by atoms with Crippen LogP contribution in [-0.4, -0.2) is 73.5 Å². The van der Waals surface area contributed by atoms with Crippen molar-refractivity contribution in [3.63, 3.8) is 0 Å². The molecule has 0 spiro atoms. The molecule has 46 heavy (non-hydrogen) atoms. The van der Waals surface area contributed by atoms with E-state index in [1.165, 1.54) is 5.56 Å². The third-order valence-electron chi connectivity index (χ3n) is 7.11. The van der Waals surface area contributed by atoms with Crippen LogP contribution in [-0.2, 0) is 35.0 Å². The van der Waals surface area contributed by atoms with Gasteiger partial charge in [0, 0.05) is 48.0 Å². The third-order valence-corrected chi connectivity index (χ3v) is 9.53. The summed E-state index contributed by atoms with van der Waals surface area (Å²) in [4.78, 5) is 41.1. The van der Waals surface area contributed by atoms with Gasteiger partial charge >= 0.3 is 17.9 Å². The number of hydrogen-bond donors (Lipinski definition) is 2. The van der Waals surface area contributed by atoms with E-state index in [1.807, 2.05) is 29.2 Å². The van der Waals surface area contributed by atoms with Gasteiger partial charge in [0.25, 0.3) is 0 Å². The molecule has 1 unspecified atom stereocenters. The van der Waals surface area contributed by atoms with E-state index in [1.54, 1.807) is 28.5 Å². The van der Waals surface area contributed by atoms with Gasteiger partial charge in [-0.3, -0.25) is 14.4 Å². The second-order valence-electron chi connectivity index (χ2n) is 11.7. The predicted octanol–water partition coefficient (Wildman–Crippen LogP) is 6.70. The van der Waals surface area contributed by atoms with Gasteiger partial charge in [0.15, 0.2) is 0 Å². The van der Waals surface area contributed by atoms with Crippen molar-refractivity contribution in [1.29, 1.82) is 0 Å². The van der Waals surface area contributed by atoms with Crippen LogP contribution in [0.15, 0.2) is 58.3 Å². The highest BCUT2D eigenvalue weighted by Gasteiger charge is 2.15. The number of aliphatic hydroxyl groups is 1. The number of aliphatic hydroxyl groups excluding tert-OH is 1. The second-order valence-corrected chi connectivity index (χ2v) is 14.0. The summed E-state index contributed by atoms with van der Waals surface area (Å²) in [5, 5.41) is 9.11. The van der Waals surface area contributed by atoms with E-state index in [2.05, 4.69) is 38.1 Å². The summed E-state index contributed by atoms with van der Waals surface area (Å²) in [6.45, 7) is 8.28. The van der Waals surface area contributed by atoms with Crippen LogP contribution in [0, 0.1) is 5.92 Å². The summed E-state index contributed by atoms with van der Waals surface area (Å²) in [6.07, 6.45) is 4.56. The zero-order chi connectivity index (χ0) is 33.6. The Morgan fingerprint density at radius 2 is 1.30 bits per heavy atom. The minimum atomic E-state index is -0.381. The molecule has 0 saturated carbocycles. The first-order valence-corrected chi connectivity index (χ1v) is 18.4. The largest absolute Gasteiger partial charge is 0.466 e. The molecule has 2 aromatic rings. The van der Waals surface area contributed by atoms with E-state index < -0.39 is 0 Å². The van der Waals surface area contributed by atoms with Crippen molar-refractivity contribution >= 4 is 45.2 Å². The Bertz CT molecular complexity index is 1150. The van der Waals surface area contributed by atoms with E-state index >= 15 is 0 Å². The van der Waals surface area contributed by atoms with Crippen molar-refractivity contribution in [2.45, 2.75) is 94.5 Å². The number of nitrogens with zero attached hydrogens (tertiary/aromatic N) is 1. The summed E-state index contributed by atoms with van der Waals surface area (Å²) >= 11 is 0. The van der Waals surface area contributed by atoms with Gasteiger partial charge in [0.2, 0.25) is 0 Å². The maximum atomic E-state index is 12.4. The Morgan fingerprint density at radius 1 is 0.739 bits per heavy atom. The van der Waals surface area contributed by atoms with Crippen LogP contribution in [0.1, 0.15) is 77.7 Å². The molecule has 1 atom stereocenters. The summed E-state index contributed by atoms with van der Waals surface area (Å²) in [5.74, 6) is -0.363. The number of unbranched alkanes of at least 4 members (excludes halogenated alkanes) is 1. The third kappa shape index (κ3) is 19.1. The molecule has 0 aliphatic heterocycles. The topological polar surface area (TPSA) is 128 Å². The van der Waals surface area contributed by atoms with E-state index in [0.717, 1.165) is 34.7 Å². The predicted molar refractivity (Wildman–Crippen MR) is 185 cm³/mol. The average molecular weight is 677 g/mol. The molecular formula is C35H52N2O7S2. The lowest BCUT2D eigenvalue weighted by Gasteiger charge is -2.22. The van der Waals surface area contributed by atoms with Crippen molar-refractivity contribution in [2.24, 2.45) is 5.92 Å². The highest BCUT2D eigenvalue weighted by molar-refractivity contribution is 8.76. The molecule has 0 aliphatic carbocycles. The molecule has 2 aromatic carbocycles. The van der Waals surface area contributed by atoms with E-state index in [4.69, 9.17) is 25.1 Å². The molecular weight excluding hydrogens is 625 g/mol. The van der Waals surface area contributed by atoms with Crippen molar-refractivity contribution in [2.75, 3.05) is 45.2 Å². The monoisotopic (exact) mass is 676 g/mol. The molecule has 0 saturated heterocycles. The minimum Gasteiger partial charge on any atom is -0.466 e. The Hall–Kier alpha value is -2.73. The minimum absolute atomic E-state index is 0.106. The fourth-order valence-corrected chi connectivity index (χ4v) is 6.21. The molecule has 0 heterocycles. The maximum absolute atomic E-state index is 12.4. The van der Waals surface area contributed by atoms with Gasteiger partial charge in [-0.1, -0.05) is 47.6 Å². The van der Waals surface area contributed by atoms with Gasteiger partial charge in [0.1, 0.15) is 6.10 Å². The number of esters is 3. The van der Waals surface area contributed by atoms with Crippen molar-refractivity contribution in [3.05, 3.63) is 54.1 Å². The zero-order valence-corrected chi connectivity index (χ0v) is 29.3. The van der Waals surface area contributed by atoms with Gasteiger partial charge in [-0.05, 0) is 93.5 Å². The number of aryl methyl sites for hydroxylation is 1. The number of hydrogen-bond acceptors (Lipinski definition) is 11. The molecule has 0 bridgehead atoms. The second kappa shape index (κ2) is 23.6. The summed E-state index contributed by atoms with van der Waals surface area (Å²) in [6, 6.07) is 16.2. The van der Waals surface area contributed by atoms with Crippen molar-refractivity contribution in [3.8, 4) is 0 Å². The number of benzene rings is 2. The fourth-order valence-electron chi connectivity index (χ4n) is 4.28. The first-order chi connectivity index (χ1) is 22.1. The van der Waals surface area contributed by atoms with Crippen LogP contribution in [0.4, 0.5) is 5.69 Å². The first kappa shape index (κ1) is 39.4. The molecule has 2 rings (SSSR count). The van der Waals surface area contributed by atoms with Crippen LogP contribution in [0.25, 0.3) is 0 Å². The van der Waals surface area contributed by atoms with Gasteiger partial charge < -0.3 is 30.0 Å². The molecule has 3 N–H and O–H groups in total. The number of rotatable bonds is 24. The Morgan fingerprint density at radius 3 is 1.91 bits per heavy atom. The standard InChI is InChI=1S/C35H52N2O7S2/c1-27(2)19-25-42-34(40)17-22-37(21-4-5-24-38)23-18-35(41)44-28(3)20-26-43-33(39)8-6-7-29-9-13-31(14-10-29)45-46-32-15-11-30(36)12-16-32/h9-16,27-28,38H,4-8,17-26,36H2,1-3H3. The van der Waals surface area contributed by atoms with Gasteiger partial charge in [0.05, 0.1) is 26.1 Å². The highest BCUT2D eigenvalue weighted by atomic mass is 33.1. The molecule has 0 fully saturated rings. The van der Waals surface area contributed by atoms with Gasteiger partial charge in [-0.2, -0.15) is 0 Å². The van der Waals surface area contributed by atoms with Crippen molar-refractivity contribution < 1.29 is 33.7 Å². The summed E-state index contributed by atoms with van der Waals surface area (Å²) in [5.41, 5.74) is 7.67. The summed E-state index contributed by atoms with van der Waals surface area (Å²) in [7, 11) is 3.37. The van der Waals surface area contributed by atoms with Gasteiger partial charge in [-0.15, -0.1) is 0 Å². The van der Waals surface area contributed by atoms with Crippen LogP contribution in [0.5, 0.6) is 0 Å². The van der Waals surface area contributed by atoms with E-state index in [9.17, 15) is 14.4 Å². The number of nitrogens with two attached hydrogens (primary N) is 1. The Balaban J connectivity index is 1.58. The molecule has 9 nitrogen and oxygen atoms in total. The fraction of sp³-hybridized carbons (Fsp3) is 0.571. The van der Waals surface area contributed by atoms with Gasteiger partial charge in [-0.25, -0.2) is 0 Å². The molecule has 0 aliphatic rings. The van der Waals surface area contributed by atoms with Crippen molar-refractivity contribution in [1.82, 2.24) is 4.90 Å². The highest BCUT2D eigenvalue weighted by Crippen LogP contribution is 2.37. The zero-order valence-electron chi connectivity index (χ0n) is 27.6. The lowest BCUT2D eigenvalue weighted by Crippen LogP contribution is -2.31. The molecule has 0 amide bonds. The molecule has 11 heteroatoms. The maximum Gasteiger partial charge on any atom is 0.307 e. The Kier molecular flexibility index (Phi) is 20.2. The lowest BCUT2D eigenvalue weighted by atomic mass is 10.1.